The van der Waals surface area contributed by atoms with Crippen LogP contribution in [-0.2, 0) is 4.74 Å². The lowest BCUT2D eigenvalue weighted by Crippen LogP contribution is -2.38. The highest BCUT2D eigenvalue weighted by atomic mass is 16.6. The SMILES string of the molecule is CCCCCCCC(CCCCC)C(OC(=O)N(C)CC(C)C)C(C)C. The highest BCUT2D eigenvalue weighted by molar-refractivity contribution is 5.67. The molecule has 0 aromatic heterocycles. The van der Waals surface area contributed by atoms with Crippen molar-refractivity contribution >= 4 is 6.09 Å². The average Bonchev–Trinajstić information content (AvgIpc) is 2.57. The van der Waals surface area contributed by atoms with E-state index in [1.54, 1.807) is 4.90 Å². The summed E-state index contributed by atoms with van der Waals surface area (Å²) >= 11 is 0. The molecule has 0 spiro atoms. The van der Waals surface area contributed by atoms with E-state index in [-0.39, 0.29) is 12.2 Å². The molecule has 0 saturated carbocycles. The molecular formula is C23H47NO2. The van der Waals surface area contributed by atoms with Gasteiger partial charge < -0.3 is 9.64 Å². The molecular weight excluding hydrogens is 322 g/mol. The summed E-state index contributed by atoms with van der Waals surface area (Å²) in [6, 6.07) is 0. The van der Waals surface area contributed by atoms with Crippen molar-refractivity contribution in [1.82, 2.24) is 4.90 Å². The molecule has 0 aromatic rings. The summed E-state index contributed by atoms with van der Waals surface area (Å²) in [4.78, 5) is 14.3. The largest absolute Gasteiger partial charge is 0.446 e. The highest BCUT2D eigenvalue weighted by Crippen LogP contribution is 2.28. The van der Waals surface area contributed by atoms with Crippen molar-refractivity contribution in [1.29, 1.82) is 0 Å². The van der Waals surface area contributed by atoms with Gasteiger partial charge in [-0.05, 0) is 30.6 Å². The predicted molar refractivity (Wildman–Crippen MR) is 114 cm³/mol. The molecule has 0 aliphatic rings. The lowest BCUT2D eigenvalue weighted by atomic mass is 9.84. The monoisotopic (exact) mass is 369 g/mol. The van der Waals surface area contributed by atoms with Crippen molar-refractivity contribution in [3.63, 3.8) is 0 Å². The van der Waals surface area contributed by atoms with E-state index in [1.807, 2.05) is 7.05 Å². The van der Waals surface area contributed by atoms with Crippen molar-refractivity contribution in [2.75, 3.05) is 13.6 Å². The number of hydrogen-bond acceptors (Lipinski definition) is 2. The Morgan fingerprint density at radius 1 is 0.846 bits per heavy atom. The first-order chi connectivity index (χ1) is 12.3. The van der Waals surface area contributed by atoms with Gasteiger partial charge in [0.15, 0.2) is 0 Å². The normalized spacial score (nSPS) is 13.9. The van der Waals surface area contributed by atoms with E-state index in [4.69, 9.17) is 4.74 Å². The molecule has 0 fully saturated rings. The van der Waals surface area contributed by atoms with Crippen LogP contribution in [0.15, 0.2) is 0 Å². The number of carbonyl (C=O) groups is 1. The summed E-state index contributed by atoms with van der Waals surface area (Å²) in [7, 11) is 1.86. The van der Waals surface area contributed by atoms with Crippen LogP contribution >= 0.6 is 0 Å². The Balaban J connectivity index is 4.80. The van der Waals surface area contributed by atoms with Gasteiger partial charge in [0.25, 0.3) is 0 Å². The van der Waals surface area contributed by atoms with Gasteiger partial charge >= 0.3 is 6.09 Å². The zero-order valence-electron chi connectivity index (χ0n) is 18.9. The molecule has 0 saturated heterocycles. The summed E-state index contributed by atoms with van der Waals surface area (Å²) in [6.07, 6.45) is 12.6. The van der Waals surface area contributed by atoms with Crippen LogP contribution in [0.25, 0.3) is 0 Å². The Morgan fingerprint density at radius 2 is 1.35 bits per heavy atom. The molecule has 0 N–H and O–H groups in total. The minimum atomic E-state index is -0.149. The molecule has 0 aliphatic heterocycles. The molecule has 2 atom stereocenters. The molecule has 0 heterocycles. The Kier molecular flexibility index (Phi) is 14.9. The fourth-order valence-corrected chi connectivity index (χ4v) is 3.74. The van der Waals surface area contributed by atoms with Crippen LogP contribution in [0.4, 0.5) is 4.79 Å². The van der Waals surface area contributed by atoms with Gasteiger partial charge in [0.2, 0.25) is 0 Å². The second-order valence-corrected chi connectivity index (χ2v) is 8.83. The molecule has 3 heteroatoms. The summed E-state index contributed by atoms with van der Waals surface area (Å²) < 4.78 is 6.03. The number of carbonyl (C=O) groups excluding carboxylic acids is 1. The number of unbranched alkanes of at least 4 members (excludes halogenated alkanes) is 6. The van der Waals surface area contributed by atoms with Gasteiger partial charge in [0, 0.05) is 13.6 Å². The van der Waals surface area contributed by atoms with Gasteiger partial charge in [-0.1, -0.05) is 92.9 Å². The van der Waals surface area contributed by atoms with E-state index in [0.29, 0.717) is 17.8 Å². The van der Waals surface area contributed by atoms with Gasteiger partial charge in [-0.2, -0.15) is 0 Å². The summed E-state index contributed by atoms with van der Waals surface area (Å²) in [5.74, 6) is 1.33. The third kappa shape index (κ3) is 11.8. The predicted octanol–water partition coefficient (Wildman–Crippen LogP) is 7.29. The molecule has 3 nitrogen and oxygen atoms in total. The van der Waals surface area contributed by atoms with Gasteiger partial charge in [0.1, 0.15) is 6.10 Å². The highest BCUT2D eigenvalue weighted by Gasteiger charge is 2.28. The zero-order chi connectivity index (χ0) is 19.9. The van der Waals surface area contributed by atoms with E-state index in [0.717, 1.165) is 6.54 Å². The van der Waals surface area contributed by atoms with Crippen molar-refractivity contribution in [3.05, 3.63) is 0 Å². The maximum absolute atomic E-state index is 12.5. The maximum atomic E-state index is 12.5. The molecule has 0 aliphatic carbocycles. The van der Waals surface area contributed by atoms with Crippen LogP contribution < -0.4 is 0 Å². The summed E-state index contributed by atoms with van der Waals surface area (Å²) in [5, 5.41) is 0. The molecule has 1 amide bonds. The molecule has 26 heavy (non-hydrogen) atoms. The van der Waals surface area contributed by atoms with Crippen LogP contribution in [-0.4, -0.2) is 30.7 Å². The smallest absolute Gasteiger partial charge is 0.409 e. The van der Waals surface area contributed by atoms with Gasteiger partial charge in [0.05, 0.1) is 0 Å². The van der Waals surface area contributed by atoms with Crippen molar-refractivity contribution in [3.8, 4) is 0 Å². The zero-order valence-corrected chi connectivity index (χ0v) is 18.9. The van der Waals surface area contributed by atoms with Crippen molar-refractivity contribution < 1.29 is 9.53 Å². The lowest BCUT2D eigenvalue weighted by molar-refractivity contribution is 0.00648. The quantitative estimate of drug-likeness (QED) is 0.284. The third-order valence-electron chi connectivity index (χ3n) is 5.17. The van der Waals surface area contributed by atoms with E-state index in [9.17, 15) is 4.79 Å². The number of amides is 1. The number of ether oxygens (including phenoxy) is 1. The molecule has 0 radical (unpaired) electrons. The molecule has 156 valence electrons. The number of rotatable bonds is 15. The maximum Gasteiger partial charge on any atom is 0.409 e. The van der Waals surface area contributed by atoms with Gasteiger partial charge in [-0.25, -0.2) is 4.79 Å². The first-order valence-corrected chi connectivity index (χ1v) is 11.2. The van der Waals surface area contributed by atoms with Crippen LogP contribution in [0.2, 0.25) is 0 Å². The van der Waals surface area contributed by atoms with Gasteiger partial charge in [-0.3, -0.25) is 0 Å². The van der Waals surface area contributed by atoms with Crippen LogP contribution in [0.3, 0.4) is 0 Å². The first-order valence-electron chi connectivity index (χ1n) is 11.2. The topological polar surface area (TPSA) is 29.5 Å². The summed E-state index contributed by atoms with van der Waals surface area (Å²) in [5.41, 5.74) is 0. The molecule has 0 rings (SSSR count). The van der Waals surface area contributed by atoms with E-state index in [1.165, 1.54) is 64.2 Å². The number of hydrogen-bond donors (Lipinski definition) is 0. The fraction of sp³-hybridized carbons (Fsp3) is 0.957. The van der Waals surface area contributed by atoms with Crippen LogP contribution in [0, 0.1) is 17.8 Å². The molecule has 0 bridgehead atoms. The number of nitrogens with zero attached hydrogens (tertiary/aromatic N) is 1. The van der Waals surface area contributed by atoms with E-state index < -0.39 is 0 Å². The second kappa shape index (κ2) is 15.3. The molecule has 0 aromatic carbocycles. The first kappa shape index (κ1) is 25.3. The Hall–Kier alpha value is -0.730. The fourth-order valence-electron chi connectivity index (χ4n) is 3.74. The Bertz CT molecular complexity index is 341. The Labute approximate surface area is 164 Å². The van der Waals surface area contributed by atoms with Crippen LogP contribution in [0.5, 0.6) is 0 Å². The minimum absolute atomic E-state index is 0.0418. The van der Waals surface area contributed by atoms with Gasteiger partial charge in [-0.15, -0.1) is 0 Å². The van der Waals surface area contributed by atoms with Crippen molar-refractivity contribution in [2.45, 2.75) is 112 Å². The van der Waals surface area contributed by atoms with E-state index in [2.05, 4.69) is 41.5 Å². The second-order valence-electron chi connectivity index (χ2n) is 8.83. The Morgan fingerprint density at radius 3 is 1.85 bits per heavy atom. The standard InChI is InChI=1S/C23H47NO2/c1-8-10-12-13-15-17-21(16-14-11-9-2)22(20(5)6)26-23(25)24(7)18-19(3)4/h19-22H,8-18H2,1-7H3. The molecule has 2 unspecified atom stereocenters. The minimum Gasteiger partial charge on any atom is -0.446 e. The third-order valence-corrected chi connectivity index (χ3v) is 5.17. The lowest BCUT2D eigenvalue weighted by Gasteiger charge is -2.32. The average molecular weight is 370 g/mol. The van der Waals surface area contributed by atoms with Crippen LogP contribution in [0.1, 0.15) is 106 Å². The summed E-state index contributed by atoms with van der Waals surface area (Å²) in [6.45, 7) is 13.9. The van der Waals surface area contributed by atoms with E-state index >= 15 is 0 Å². The van der Waals surface area contributed by atoms with Crippen molar-refractivity contribution in [2.24, 2.45) is 17.8 Å².